The molecule has 8 aliphatic rings. The zero-order valence-corrected chi connectivity index (χ0v) is 68.3. The lowest BCUT2D eigenvalue weighted by molar-refractivity contribution is -0.318. The molecule has 36 atom stereocenters. The van der Waals surface area contributed by atoms with E-state index >= 15 is 0 Å². The molecule has 2 amide bonds. The summed E-state index contributed by atoms with van der Waals surface area (Å²) in [5, 5.41) is 156. The molecule has 0 unspecified atom stereocenters. The van der Waals surface area contributed by atoms with E-state index in [2.05, 4.69) is 20.9 Å². The van der Waals surface area contributed by atoms with Crippen LogP contribution in [0.3, 0.4) is 0 Å². The van der Waals surface area contributed by atoms with Crippen LogP contribution in [0.15, 0.2) is 35.3 Å². The number of carboxylic acid groups (broad SMARTS) is 1. The number of esters is 1. The van der Waals surface area contributed by atoms with Gasteiger partial charge in [0.2, 0.25) is 11.8 Å². The average Bonchev–Trinajstić information content (AvgIpc) is 1.49. The third-order valence-corrected chi connectivity index (χ3v) is 25.0. The summed E-state index contributed by atoms with van der Waals surface area (Å²) in [6.07, 6.45) is -26.8. The molecule has 40 heteroatoms. The molecule has 1 aromatic carbocycles. The molecule has 8 fully saturated rings. The van der Waals surface area contributed by atoms with Gasteiger partial charge in [0.15, 0.2) is 49.0 Å². The van der Waals surface area contributed by atoms with E-state index in [1.807, 2.05) is 70.1 Å². The maximum Gasteiger partial charge on any atom is 0.327 e. The quantitative estimate of drug-likeness (QED) is 0.0191. The van der Waals surface area contributed by atoms with Crippen molar-refractivity contribution in [1.29, 1.82) is 5.41 Å². The van der Waals surface area contributed by atoms with Crippen LogP contribution in [0, 0.1) is 29.1 Å². The minimum atomic E-state index is -2.39. The number of carbonyl (C=O) groups is 6. The summed E-state index contributed by atoms with van der Waals surface area (Å²) in [6.45, 7) is 20.6. The first-order valence-electron chi connectivity index (χ1n) is 38.3. The Morgan fingerprint density at radius 3 is 1.92 bits per heavy atom. The SMILES string of the molecule is CC1(C)S[C@@H]2[C@H](NC(=O)Cc3ccccc3)C(=O)N2[C@H]1C(=O)O.CC[C@H]1OC(=O)[C@H](C)[C@@H](O[C@H]2C[C@@](C)(OC)[C@@H](O)[C@H](C)O2)[C@H](C)[C@@H](O[C@@H]2O[C@H](C)C[C@H](N(C)C)[C@H]2O)[C@](C)(O)C[C@@H](C)C(=O)[C@H](C)[C@@H](O)[C@@]1(C)O.CN[C@@H]1[C@H](O[C@H]2[C@H](O[C@H]3[C@H](O)[C@@H](O)[C@H](NC(=N)N)[C@@H](O)[C@@H]3N=C(N)N)O[C@@H](C)[C@]2(O)C=O)O[C@@H](CO)[C@H](O)[C@H]1O. The number of hydrogen-bond donors (Lipinski definition) is 20. The largest absolute Gasteiger partial charge is 0.480 e. The Kier molecular flexibility index (Phi) is 32.4. The molecule has 114 heavy (non-hydrogen) atoms. The molecule has 0 spiro atoms. The molecule has 7 aliphatic heterocycles. The highest BCUT2D eigenvalue weighted by atomic mass is 32.2. The third kappa shape index (κ3) is 20.6. The zero-order valence-electron chi connectivity index (χ0n) is 67.5. The Balaban J connectivity index is 0.000000253. The number of nitrogens with one attached hydrogen (secondary N) is 4. The van der Waals surface area contributed by atoms with E-state index in [1.54, 1.807) is 41.5 Å². The molecule has 1 saturated carbocycles. The molecular weight excluding hydrogens is 1520 g/mol. The molecule has 0 radical (unpaired) electrons. The number of ketones is 1. The van der Waals surface area contributed by atoms with Crippen LogP contribution < -0.4 is 33.2 Å². The number of carbonyl (C=O) groups excluding carboxylic acids is 5. The van der Waals surface area contributed by atoms with Gasteiger partial charge < -0.3 is 157 Å². The van der Waals surface area contributed by atoms with Crippen LogP contribution in [0.25, 0.3) is 0 Å². The number of nitrogens with two attached hydrogens (primary N) is 3. The van der Waals surface area contributed by atoms with Gasteiger partial charge in [-0.1, -0.05) is 58.0 Å². The number of ether oxygens (including phenoxy) is 10. The van der Waals surface area contributed by atoms with E-state index in [4.69, 9.17) is 70.0 Å². The molecule has 39 nitrogen and oxygen atoms in total. The first-order chi connectivity index (χ1) is 52.9. The number of β-lactam (4-membered cyclic amide) rings is 1. The number of aliphatic carboxylic acids is 1. The van der Waals surface area contributed by atoms with E-state index < -0.39 is 240 Å². The lowest BCUT2D eigenvalue weighted by Crippen LogP contribution is -2.70. The highest BCUT2D eigenvalue weighted by Crippen LogP contribution is 2.51. The first kappa shape index (κ1) is 95.6. The number of methoxy groups -OCH3 is 1. The molecule has 7 saturated heterocycles. The second kappa shape index (κ2) is 38.6. The number of hydrogen-bond acceptors (Lipinski definition) is 33. The van der Waals surface area contributed by atoms with Crippen molar-refractivity contribution in [2.45, 2.75) is 320 Å². The summed E-state index contributed by atoms with van der Waals surface area (Å²) >= 11 is 1.42. The van der Waals surface area contributed by atoms with Gasteiger partial charge in [-0.25, -0.2) is 9.79 Å². The number of nitrogens with zero attached hydrogens (tertiary/aromatic N) is 3. The van der Waals surface area contributed by atoms with Gasteiger partial charge in [0, 0.05) is 42.1 Å². The highest BCUT2D eigenvalue weighted by molar-refractivity contribution is 8.01. The predicted octanol–water partition coefficient (Wildman–Crippen LogP) is -5.31. The third-order valence-electron chi connectivity index (χ3n) is 23.4. The van der Waals surface area contributed by atoms with Crippen molar-refractivity contribution in [3.63, 3.8) is 0 Å². The van der Waals surface area contributed by atoms with Crippen LogP contribution in [0.4, 0.5) is 0 Å². The van der Waals surface area contributed by atoms with Crippen molar-refractivity contribution in [3.8, 4) is 0 Å². The van der Waals surface area contributed by atoms with Crippen molar-refractivity contribution in [2.24, 2.45) is 45.9 Å². The van der Waals surface area contributed by atoms with Gasteiger partial charge in [0.1, 0.15) is 102 Å². The number of Topliss-reactive ketones (excluding diaryl/α,β-unsaturated/α-hetero) is 1. The standard InChI is InChI=1S/C37H67NO13.C21H39N7O12.C16H18N2O4S/c1-14-25-37(10,45)30(41)20(4)27(39)18(2)16-35(8,44)32(51-34-28(40)24(38(11)12)15-19(3)47-34)21(5)29(22(6)33(43)49-25)50-26-17-36(9,46-13)31(42)23(7)48-26;1-5-21(36,4-30)16(40-17-9(26-2)13(34)10(31)6(3-29)38-17)18(37-5)39-15-8(28-20(24)25)11(32)7(27-19(22)23)12(33)14(15)35;1-16(2)12(15(21)22)18-13(20)11(14(18)23-16)17-10(19)8-9-6-4-3-5-7-9/h18-26,28-32,34,40-42,44-45H,14-17H2,1-13H3;4-18,26,29,31-36H,3H2,1-2H3,(H4,22,23,27)(H4,24,25,28);3-7,11-12,14H,8H2,1-2H3,(H,17,19)(H,21,22)/t18-,19-,20+,21+,22-,23+,24+,25-,26+,28-,29+,30-,31+,32-,34+,35-,36-,37+;5-,6-,7+,8-,9-,10-,11+,12-,13-,14+,15+,16-,17-,18-,21+;11-,12+,14-/m101/s1. The number of rotatable bonds is 20. The fourth-order valence-corrected chi connectivity index (χ4v) is 18.3. The number of thioether (sulfide) groups is 1. The Bertz CT molecular complexity index is 3450. The van der Waals surface area contributed by atoms with Crippen molar-refractivity contribution in [1.82, 2.24) is 25.8 Å². The molecule has 23 N–H and O–H groups in total. The second-order valence-electron chi connectivity index (χ2n) is 32.7. The van der Waals surface area contributed by atoms with Gasteiger partial charge in [0.25, 0.3) is 0 Å². The van der Waals surface area contributed by atoms with E-state index in [-0.39, 0.29) is 61.3 Å². The van der Waals surface area contributed by atoms with E-state index in [9.17, 15) is 95.2 Å². The fraction of sp³-hybridized carbons (Fsp3) is 0.811. The average molecular weight is 1650 g/mol. The molecule has 650 valence electrons. The molecular formula is C74H124N10O29S. The summed E-state index contributed by atoms with van der Waals surface area (Å²) < 4.78 is 59.4. The number of likely N-dealkylation sites (N-methyl/N-ethyl adjacent to an activating group) is 2. The minimum Gasteiger partial charge on any atom is -0.480 e. The van der Waals surface area contributed by atoms with Gasteiger partial charge in [-0.2, -0.15) is 0 Å². The number of benzene rings is 1. The Hall–Kier alpha value is -5.59. The number of guanidine groups is 2. The summed E-state index contributed by atoms with van der Waals surface area (Å²) in [5.41, 5.74) is 9.97. The monoisotopic (exact) mass is 1650 g/mol. The number of amides is 2. The predicted molar refractivity (Wildman–Crippen MR) is 404 cm³/mol. The van der Waals surface area contributed by atoms with Crippen LogP contribution in [0.5, 0.6) is 0 Å². The first-order valence-corrected chi connectivity index (χ1v) is 39.1. The zero-order chi connectivity index (χ0) is 85.8. The van der Waals surface area contributed by atoms with E-state index in [0.717, 1.165) is 5.56 Å². The topological polar surface area (TPSA) is 615 Å². The molecule has 0 bridgehead atoms. The lowest BCUT2D eigenvalue weighted by atomic mass is 9.74. The van der Waals surface area contributed by atoms with Crippen LogP contribution in [-0.2, 0) is 82.6 Å². The van der Waals surface area contributed by atoms with Gasteiger partial charge >= 0.3 is 11.9 Å². The molecule has 1 aliphatic carbocycles. The number of carboxylic acids is 1. The van der Waals surface area contributed by atoms with Gasteiger partial charge in [-0.15, -0.1) is 11.8 Å². The number of fused-ring (bicyclic) bond motifs is 1. The Morgan fingerprint density at radius 2 is 1.37 bits per heavy atom. The van der Waals surface area contributed by atoms with Gasteiger partial charge in [-0.05, 0) is 108 Å². The number of cyclic esters (lactones) is 1. The Labute approximate surface area is 667 Å². The van der Waals surface area contributed by atoms with Crippen LogP contribution >= 0.6 is 11.8 Å². The van der Waals surface area contributed by atoms with Gasteiger partial charge in [-0.3, -0.25) is 29.4 Å². The molecule has 9 rings (SSSR count). The second-order valence-corrected chi connectivity index (χ2v) is 34.5. The summed E-state index contributed by atoms with van der Waals surface area (Å²) in [6, 6.07) is 3.44. The maximum atomic E-state index is 14.1. The van der Waals surface area contributed by atoms with E-state index in [1.165, 1.54) is 58.5 Å². The van der Waals surface area contributed by atoms with Crippen molar-refractivity contribution in [2.75, 3.05) is 34.9 Å². The molecule has 0 aromatic heterocycles. The number of aliphatic hydroxyl groups is 12. The fourth-order valence-electron chi connectivity index (χ4n) is 16.7. The van der Waals surface area contributed by atoms with Crippen LogP contribution in [0.1, 0.15) is 121 Å². The van der Waals surface area contributed by atoms with Crippen molar-refractivity contribution >= 4 is 59.5 Å². The molecule has 7 heterocycles. The normalized spacial score (nSPS) is 44.5. The number of aliphatic imine (C=N–C) groups is 1. The maximum absolute atomic E-state index is 14.1. The van der Waals surface area contributed by atoms with Crippen LogP contribution in [-0.4, -0.2) is 356 Å². The summed E-state index contributed by atoms with van der Waals surface area (Å²) in [7, 11) is 6.59. The summed E-state index contributed by atoms with van der Waals surface area (Å²) in [5.74, 6) is -7.69. The lowest BCUT2D eigenvalue weighted by Gasteiger charge is -2.49. The summed E-state index contributed by atoms with van der Waals surface area (Å²) in [4.78, 5) is 82.9. The Morgan fingerprint density at radius 1 is 0.754 bits per heavy atom. The smallest absolute Gasteiger partial charge is 0.327 e. The number of aldehydes is 1. The van der Waals surface area contributed by atoms with Gasteiger partial charge in [0.05, 0.1) is 78.9 Å². The van der Waals surface area contributed by atoms with E-state index in [0.29, 0.717) is 6.42 Å². The van der Waals surface area contributed by atoms with Crippen molar-refractivity contribution in [3.05, 3.63) is 35.9 Å². The number of aliphatic hydroxyl groups excluding tert-OH is 9. The van der Waals surface area contributed by atoms with Crippen LogP contribution in [0.2, 0.25) is 0 Å². The molecule has 1 aromatic rings. The highest BCUT2D eigenvalue weighted by Gasteiger charge is 2.65. The minimum absolute atomic E-state index is 0.0936. The van der Waals surface area contributed by atoms with Crippen molar-refractivity contribution < 1.29 is 143 Å².